The highest BCUT2D eigenvalue weighted by atomic mass is 32.2. The number of nitrogens with one attached hydrogen (secondary N) is 1. The molecule has 20 heavy (non-hydrogen) atoms. The molecule has 5 nitrogen and oxygen atoms in total. The molecule has 6 heteroatoms. The van der Waals surface area contributed by atoms with Crippen LogP contribution in [0.4, 0.5) is 0 Å². The zero-order valence-corrected chi connectivity index (χ0v) is 12.3. The zero-order chi connectivity index (χ0) is 14.0. The van der Waals surface area contributed by atoms with Crippen LogP contribution in [-0.4, -0.2) is 49.1 Å². The van der Waals surface area contributed by atoms with Crippen LogP contribution in [0, 0.1) is 5.92 Å². The van der Waals surface area contributed by atoms with Crippen LogP contribution >= 0.6 is 0 Å². The maximum absolute atomic E-state index is 12.4. The van der Waals surface area contributed by atoms with Gasteiger partial charge in [-0.1, -0.05) is 6.07 Å². The van der Waals surface area contributed by atoms with Crippen molar-refractivity contribution in [3.8, 4) is 0 Å². The topological polar surface area (TPSA) is 62.3 Å². The Balaban J connectivity index is 1.61. The Morgan fingerprint density at radius 3 is 3.00 bits per heavy atom. The Hall–Kier alpha value is -0.980. The molecule has 0 radical (unpaired) electrons. The molecule has 3 rings (SSSR count). The number of fused-ring (bicyclic) bond motifs is 1. The third kappa shape index (κ3) is 3.02. The van der Waals surface area contributed by atoms with E-state index in [1.54, 1.807) is 10.5 Å². The Bertz CT molecular complexity index is 533. The number of sulfonamides is 1. The van der Waals surface area contributed by atoms with Crippen molar-refractivity contribution in [2.75, 3.05) is 25.4 Å². The van der Waals surface area contributed by atoms with Gasteiger partial charge in [0.1, 0.15) is 0 Å². The number of hydrogen-bond donors (Lipinski definition) is 1. The first-order valence-electron chi connectivity index (χ1n) is 7.26. The van der Waals surface area contributed by atoms with Gasteiger partial charge in [-0.05, 0) is 37.4 Å². The Morgan fingerprint density at radius 2 is 2.25 bits per heavy atom. The molecule has 2 fully saturated rings. The molecule has 0 spiro atoms. The van der Waals surface area contributed by atoms with E-state index in [1.165, 1.54) is 0 Å². The minimum Gasteiger partial charge on any atom is -0.312 e. The molecule has 2 saturated heterocycles. The molecule has 1 N–H and O–H groups in total. The quantitative estimate of drug-likeness (QED) is 0.885. The summed E-state index contributed by atoms with van der Waals surface area (Å²) < 4.78 is 26.5. The molecule has 0 aliphatic carbocycles. The van der Waals surface area contributed by atoms with E-state index in [-0.39, 0.29) is 5.75 Å². The van der Waals surface area contributed by atoms with E-state index < -0.39 is 10.0 Å². The summed E-state index contributed by atoms with van der Waals surface area (Å²) in [5, 5.41) is 3.44. The van der Waals surface area contributed by atoms with Crippen molar-refractivity contribution in [2.45, 2.75) is 25.3 Å². The van der Waals surface area contributed by atoms with Crippen LogP contribution in [0.25, 0.3) is 0 Å². The van der Waals surface area contributed by atoms with Crippen molar-refractivity contribution in [1.82, 2.24) is 14.6 Å². The fourth-order valence-electron chi connectivity index (χ4n) is 3.14. The largest absolute Gasteiger partial charge is 0.312 e. The zero-order valence-electron chi connectivity index (χ0n) is 11.5. The molecule has 0 bridgehead atoms. The van der Waals surface area contributed by atoms with E-state index in [9.17, 15) is 8.42 Å². The third-order valence-electron chi connectivity index (χ3n) is 4.30. The van der Waals surface area contributed by atoms with Crippen LogP contribution in [0.2, 0.25) is 0 Å². The van der Waals surface area contributed by atoms with Gasteiger partial charge in [0.2, 0.25) is 10.0 Å². The maximum atomic E-state index is 12.4. The van der Waals surface area contributed by atoms with Gasteiger partial charge in [-0.25, -0.2) is 12.7 Å². The SMILES string of the molecule is O=S(=O)(CCc1ccccn1)N1CC2CCCNC2C1. The van der Waals surface area contributed by atoms with E-state index in [0.717, 1.165) is 25.1 Å². The predicted octanol–water partition coefficient (Wildman–Crippen LogP) is 0.638. The highest BCUT2D eigenvalue weighted by Gasteiger charge is 2.39. The Labute approximate surface area is 120 Å². The van der Waals surface area contributed by atoms with Gasteiger partial charge in [0.15, 0.2) is 0 Å². The molecule has 2 atom stereocenters. The number of nitrogens with zero attached hydrogens (tertiary/aromatic N) is 2. The van der Waals surface area contributed by atoms with Gasteiger partial charge in [0, 0.05) is 37.4 Å². The highest BCUT2D eigenvalue weighted by Crippen LogP contribution is 2.27. The van der Waals surface area contributed by atoms with E-state index in [0.29, 0.717) is 31.5 Å². The van der Waals surface area contributed by atoms with Gasteiger partial charge in [0.05, 0.1) is 5.75 Å². The number of pyridine rings is 1. The maximum Gasteiger partial charge on any atom is 0.214 e. The molecular formula is C14H21N3O2S. The molecule has 2 aliphatic heterocycles. The monoisotopic (exact) mass is 295 g/mol. The summed E-state index contributed by atoms with van der Waals surface area (Å²) >= 11 is 0. The average molecular weight is 295 g/mol. The first-order valence-corrected chi connectivity index (χ1v) is 8.87. The van der Waals surface area contributed by atoms with E-state index >= 15 is 0 Å². The van der Waals surface area contributed by atoms with Crippen LogP contribution < -0.4 is 5.32 Å². The van der Waals surface area contributed by atoms with Crippen LogP contribution in [0.15, 0.2) is 24.4 Å². The summed E-state index contributed by atoms with van der Waals surface area (Å²) in [6.45, 7) is 2.33. The molecule has 1 aromatic heterocycles. The number of hydrogen-bond acceptors (Lipinski definition) is 4. The second-order valence-corrected chi connectivity index (χ2v) is 7.76. The average Bonchev–Trinajstić information content (AvgIpc) is 2.91. The van der Waals surface area contributed by atoms with Crippen molar-refractivity contribution >= 4 is 10.0 Å². The van der Waals surface area contributed by atoms with Crippen molar-refractivity contribution in [2.24, 2.45) is 5.92 Å². The molecule has 2 unspecified atom stereocenters. The fourth-order valence-corrected chi connectivity index (χ4v) is 4.67. The van der Waals surface area contributed by atoms with Crippen molar-refractivity contribution in [3.63, 3.8) is 0 Å². The summed E-state index contributed by atoms with van der Waals surface area (Å²) in [5.41, 5.74) is 0.839. The molecule has 0 saturated carbocycles. The first-order chi connectivity index (χ1) is 9.65. The van der Waals surface area contributed by atoms with Gasteiger partial charge < -0.3 is 5.32 Å². The van der Waals surface area contributed by atoms with Crippen molar-refractivity contribution in [3.05, 3.63) is 30.1 Å². The predicted molar refractivity (Wildman–Crippen MR) is 77.8 cm³/mol. The Morgan fingerprint density at radius 1 is 1.35 bits per heavy atom. The Kier molecular flexibility index (Phi) is 4.05. The van der Waals surface area contributed by atoms with Gasteiger partial charge >= 0.3 is 0 Å². The van der Waals surface area contributed by atoms with Gasteiger partial charge in [-0.15, -0.1) is 0 Å². The van der Waals surface area contributed by atoms with Crippen LogP contribution in [0.3, 0.4) is 0 Å². The summed E-state index contributed by atoms with van der Waals surface area (Å²) in [6.07, 6.45) is 4.49. The second kappa shape index (κ2) is 5.79. The highest BCUT2D eigenvalue weighted by molar-refractivity contribution is 7.89. The molecule has 0 amide bonds. The minimum absolute atomic E-state index is 0.156. The van der Waals surface area contributed by atoms with Gasteiger partial charge in [-0.3, -0.25) is 4.98 Å². The van der Waals surface area contributed by atoms with Gasteiger partial charge in [0.25, 0.3) is 0 Å². The summed E-state index contributed by atoms with van der Waals surface area (Å²) in [5.74, 6) is 0.650. The number of rotatable bonds is 4. The fraction of sp³-hybridized carbons (Fsp3) is 0.643. The van der Waals surface area contributed by atoms with E-state index in [1.807, 2.05) is 18.2 Å². The lowest BCUT2D eigenvalue weighted by Gasteiger charge is -2.24. The summed E-state index contributed by atoms with van der Waals surface area (Å²) in [6, 6.07) is 5.97. The smallest absolute Gasteiger partial charge is 0.214 e. The standard InChI is InChI=1S/C14H21N3O2S/c18-20(19,9-6-13-5-1-2-7-15-13)17-10-12-4-3-8-16-14(12)11-17/h1-2,5,7,12,14,16H,3-4,6,8-11H2. The normalized spacial score (nSPS) is 27.4. The molecule has 3 heterocycles. The molecule has 2 aliphatic rings. The first kappa shape index (κ1) is 14.0. The summed E-state index contributed by atoms with van der Waals surface area (Å²) in [7, 11) is -3.16. The van der Waals surface area contributed by atoms with Crippen LogP contribution in [-0.2, 0) is 16.4 Å². The molecule has 110 valence electrons. The molecular weight excluding hydrogens is 274 g/mol. The third-order valence-corrected chi connectivity index (χ3v) is 6.11. The van der Waals surface area contributed by atoms with E-state index in [4.69, 9.17) is 0 Å². The second-order valence-electron chi connectivity index (χ2n) is 5.67. The molecule has 1 aromatic rings. The van der Waals surface area contributed by atoms with Crippen molar-refractivity contribution in [1.29, 1.82) is 0 Å². The summed E-state index contributed by atoms with van der Waals surface area (Å²) in [4.78, 5) is 4.19. The molecule has 0 aromatic carbocycles. The number of aromatic nitrogens is 1. The van der Waals surface area contributed by atoms with Crippen molar-refractivity contribution < 1.29 is 8.42 Å². The van der Waals surface area contributed by atoms with Gasteiger partial charge in [-0.2, -0.15) is 0 Å². The lowest BCUT2D eigenvalue weighted by Crippen LogP contribution is -2.41. The lowest BCUT2D eigenvalue weighted by molar-refractivity contribution is 0.339. The van der Waals surface area contributed by atoms with E-state index in [2.05, 4.69) is 10.3 Å². The minimum atomic E-state index is -3.16. The van der Waals surface area contributed by atoms with Crippen LogP contribution in [0.5, 0.6) is 0 Å². The lowest BCUT2D eigenvalue weighted by atomic mass is 9.94. The number of aryl methyl sites for hydroxylation is 1. The van der Waals surface area contributed by atoms with Crippen LogP contribution in [0.1, 0.15) is 18.5 Å². The number of piperidine rings is 1.